The van der Waals surface area contributed by atoms with Gasteiger partial charge in [0.2, 0.25) is 0 Å². The monoisotopic (exact) mass is 316 g/mol. The molecule has 2 aromatic carbocycles. The van der Waals surface area contributed by atoms with Gasteiger partial charge in [-0.05, 0) is 29.8 Å². The minimum absolute atomic E-state index is 0.173. The summed E-state index contributed by atoms with van der Waals surface area (Å²) in [6.07, 6.45) is 0. The Balaban J connectivity index is 2.13. The summed E-state index contributed by atoms with van der Waals surface area (Å²) in [7, 11) is 4.55. The standard InChI is InChI=1S/C18H20O5/c1-20-14-9-7-13(8-10-14)17(18(19)22-3)12-23-16-6-4-5-15(11-16)21-2/h4-11,17H,12H2,1-3H3. The van der Waals surface area contributed by atoms with E-state index in [0.717, 1.165) is 11.3 Å². The Bertz CT molecular complexity index is 636. The third kappa shape index (κ3) is 4.39. The van der Waals surface area contributed by atoms with Crippen LogP contribution in [0, 0.1) is 0 Å². The van der Waals surface area contributed by atoms with Crippen LogP contribution in [0.1, 0.15) is 11.5 Å². The topological polar surface area (TPSA) is 54.0 Å². The van der Waals surface area contributed by atoms with Crippen LogP contribution in [0.15, 0.2) is 48.5 Å². The second kappa shape index (κ2) is 8.08. The lowest BCUT2D eigenvalue weighted by Gasteiger charge is -2.16. The molecule has 1 unspecified atom stereocenters. The highest BCUT2D eigenvalue weighted by Gasteiger charge is 2.22. The van der Waals surface area contributed by atoms with E-state index in [1.54, 1.807) is 32.4 Å². The van der Waals surface area contributed by atoms with E-state index in [-0.39, 0.29) is 12.6 Å². The van der Waals surface area contributed by atoms with Gasteiger partial charge in [0.15, 0.2) is 0 Å². The van der Waals surface area contributed by atoms with Crippen LogP contribution in [0.25, 0.3) is 0 Å². The minimum atomic E-state index is -0.517. The van der Waals surface area contributed by atoms with Crippen molar-refractivity contribution >= 4 is 5.97 Å². The molecule has 0 amide bonds. The van der Waals surface area contributed by atoms with Crippen LogP contribution >= 0.6 is 0 Å². The van der Waals surface area contributed by atoms with E-state index in [4.69, 9.17) is 18.9 Å². The zero-order valence-corrected chi connectivity index (χ0v) is 13.4. The number of carbonyl (C=O) groups is 1. The molecule has 0 N–H and O–H groups in total. The van der Waals surface area contributed by atoms with Crippen LogP contribution < -0.4 is 14.2 Å². The van der Waals surface area contributed by atoms with Gasteiger partial charge in [-0.1, -0.05) is 18.2 Å². The van der Waals surface area contributed by atoms with Gasteiger partial charge in [0.25, 0.3) is 0 Å². The van der Waals surface area contributed by atoms with Crippen molar-refractivity contribution in [3.8, 4) is 17.2 Å². The Hall–Kier alpha value is -2.69. The summed E-state index contributed by atoms with van der Waals surface area (Å²) >= 11 is 0. The number of hydrogen-bond donors (Lipinski definition) is 0. The maximum atomic E-state index is 12.1. The van der Waals surface area contributed by atoms with Crippen LogP contribution in [0.2, 0.25) is 0 Å². The molecule has 0 aliphatic heterocycles. The summed E-state index contributed by atoms with van der Waals surface area (Å²) in [4.78, 5) is 12.1. The SMILES string of the molecule is COC(=O)C(COc1cccc(OC)c1)c1ccc(OC)cc1. The Kier molecular flexibility index (Phi) is 5.86. The van der Waals surface area contributed by atoms with Gasteiger partial charge in [-0.2, -0.15) is 0 Å². The first-order chi connectivity index (χ1) is 11.2. The summed E-state index contributed by atoms with van der Waals surface area (Å²) in [5.41, 5.74) is 0.806. The van der Waals surface area contributed by atoms with Crippen molar-refractivity contribution in [1.29, 1.82) is 0 Å². The molecule has 1 atom stereocenters. The molecule has 0 saturated heterocycles. The average Bonchev–Trinajstić information content (AvgIpc) is 2.62. The summed E-state index contributed by atoms with van der Waals surface area (Å²) in [5, 5.41) is 0. The number of methoxy groups -OCH3 is 3. The van der Waals surface area contributed by atoms with E-state index in [0.29, 0.717) is 11.5 Å². The maximum absolute atomic E-state index is 12.1. The second-order valence-electron chi connectivity index (χ2n) is 4.84. The van der Waals surface area contributed by atoms with Crippen molar-refractivity contribution < 1.29 is 23.7 Å². The normalized spacial score (nSPS) is 11.4. The molecule has 0 aliphatic rings. The smallest absolute Gasteiger partial charge is 0.316 e. The Labute approximate surface area is 135 Å². The molecule has 2 rings (SSSR count). The summed E-state index contributed by atoms with van der Waals surface area (Å²) in [5.74, 6) is 1.19. The van der Waals surface area contributed by atoms with Crippen molar-refractivity contribution in [3.63, 3.8) is 0 Å². The maximum Gasteiger partial charge on any atom is 0.316 e. The molecule has 0 aromatic heterocycles. The molecule has 0 aliphatic carbocycles. The second-order valence-corrected chi connectivity index (χ2v) is 4.84. The fourth-order valence-electron chi connectivity index (χ4n) is 2.15. The fraction of sp³-hybridized carbons (Fsp3) is 0.278. The van der Waals surface area contributed by atoms with Crippen molar-refractivity contribution in [2.45, 2.75) is 5.92 Å². The van der Waals surface area contributed by atoms with Crippen LogP contribution in [-0.4, -0.2) is 33.9 Å². The van der Waals surface area contributed by atoms with Gasteiger partial charge in [-0.25, -0.2) is 0 Å². The van der Waals surface area contributed by atoms with E-state index < -0.39 is 5.92 Å². The predicted octanol–water partition coefficient (Wildman–Crippen LogP) is 3.04. The molecule has 5 heteroatoms. The molecule has 5 nitrogen and oxygen atoms in total. The van der Waals surface area contributed by atoms with Gasteiger partial charge in [0.05, 0.1) is 21.3 Å². The lowest BCUT2D eigenvalue weighted by Crippen LogP contribution is -2.21. The molecule has 0 fully saturated rings. The predicted molar refractivity (Wildman–Crippen MR) is 86.2 cm³/mol. The number of benzene rings is 2. The van der Waals surface area contributed by atoms with Gasteiger partial charge in [0, 0.05) is 6.07 Å². The highest BCUT2D eigenvalue weighted by molar-refractivity contribution is 5.78. The van der Waals surface area contributed by atoms with E-state index in [1.165, 1.54) is 7.11 Å². The fourth-order valence-corrected chi connectivity index (χ4v) is 2.15. The first kappa shape index (κ1) is 16.7. The summed E-state index contributed by atoms with van der Waals surface area (Å²) < 4.78 is 20.9. The van der Waals surface area contributed by atoms with E-state index in [1.807, 2.05) is 30.3 Å². The van der Waals surface area contributed by atoms with Crippen molar-refractivity contribution in [3.05, 3.63) is 54.1 Å². The van der Waals surface area contributed by atoms with Crippen LogP contribution in [0.5, 0.6) is 17.2 Å². The average molecular weight is 316 g/mol. The zero-order valence-electron chi connectivity index (χ0n) is 13.4. The number of rotatable bonds is 7. The van der Waals surface area contributed by atoms with Gasteiger partial charge >= 0.3 is 5.97 Å². The van der Waals surface area contributed by atoms with Crippen LogP contribution in [0.4, 0.5) is 0 Å². The van der Waals surface area contributed by atoms with Crippen molar-refractivity contribution in [1.82, 2.24) is 0 Å². The molecular weight excluding hydrogens is 296 g/mol. The van der Waals surface area contributed by atoms with E-state index >= 15 is 0 Å². The molecular formula is C18H20O5. The molecule has 0 bridgehead atoms. The first-order valence-electron chi connectivity index (χ1n) is 7.16. The molecule has 0 saturated carbocycles. The number of esters is 1. The van der Waals surface area contributed by atoms with E-state index in [2.05, 4.69) is 0 Å². The molecule has 23 heavy (non-hydrogen) atoms. The zero-order chi connectivity index (χ0) is 16.7. The van der Waals surface area contributed by atoms with Gasteiger partial charge in [-0.15, -0.1) is 0 Å². The van der Waals surface area contributed by atoms with Crippen molar-refractivity contribution in [2.24, 2.45) is 0 Å². The van der Waals surface area contributed by atoms with Gasteiger partial charge < -0.3 is 18.9 Å². The lowest BCUT2D eigenvalue weighted by molar-refractivity contribution is -0.143. The molecule has 0 spiro atoms. The largest absolute Gasteiger partial charge is 0.497 e. The third-order valence-electron chi connectivity index (χ3n) is 3.46. The third-order valence-corrected chi connectivity index (χ3v) is 3.46. The Morgan fingerprint density at radius 3 is 2.17 bits per heavy atom. The highest BCUT2D eigenvalue weighted by Crippen LogP contribution is 2.24. The number of hydrogen-bond acceptors (Lipinski definition) is 5. The van der Waals surface area contributed by atoms with Gasteiger partial charge in [0.1, 0.15) is 29.8 Å². The lowest BCUT2D eigenvalue weighted by atomic mass is 10.00. The summed E-state index contributed by atoms with van der Waals surface area (Å²) in [6, 6.07) is 14.5. The summed E-state index contributed by atoms with van der Waals surface area (Å²) in [6.45, 7) is 0.173. The minimum Gasteiger partial charge on any atom is -0.497 e. The van der Waals surface area contributed by atoms with Crippen molar-refractivity contribution in [2.75, 3.05) is 27.9 Å². The molecule has 2 aromatic rings. The first-order valence-corrected chi connectivity index (χ1v) is 7.16. The van der Waals surface area contributed by atoms with Crippen LogP contribution in [0.3, 0.4) is 0 Å². The van der Waals surface area contributed by atoms with Gasteiger partial charge in [-0.3, -0.25) is 4.79 Å². The number of ether oxygens (including phenoxy) is 4. The van der Waals surface area contributed by atoms with Crippen LogP contribution in [-0.2, 0) is 9.53 Å². The Morgan fingerprint density at radius 1 is 0.913 bits per heavy atom. The highest BCUT2D eigenvalue weighted by atomic mass is 16.5. The quantitative estimate of drug-likeness (QED) is 0.735. The molecule has 0 heterocycles. The molecule has 0 radical (unpaired) electrons. The molecule has 122 valence electrons. The van der Waals surface area contributed by atoms with E-state index in [9.17, 15) is 4.79 Å². The Morgan fingerprint density at radius 2 is 1.57 bits per heavy atom. The number of carbonyl (C=O) groups excluding carboxylic acids is 1.